The van der Waals surface area contributed by atoms with Crippen LogP contribution in [0.25, 0.3) is 0 Å². The second kappa shape index (κ2) is 13.4. The van der Waals surface area contributed by atoms with E-state index in [2.05, 4.69) is 5.32 Å². The average Bonchev–Trinajstić information content (AvgIpc) is 2.85. The summed E-state index contributed by atoms with van der Waals surface area (Å²) in [6.45, 7) is 0.582. The second-order valence-electron chi connectivity index (χ2n) is 8.69. The van der Waals surface area contributed by atoms with Crippen LogP contribution < -0.4 is 5.32 Å². The predicted octanol–water partition coefficient (Wildman–Crippen LogP) is -6.56. The van der Waals surface area contributed by atoms with Gasteiger partial charge in [-0.25, -0.2) is 0 Å². The minimum atomic E-state index is -1.94. The van der Waals surface area contributed by atoms with Crippen LogP contribution in [0.2, 0.25) is 0 Å². The van der Waals surface area contributed by atoms with Crippen LogP contribution in [0.3, 0.4) is 0 Å². The van der Waals surface area contributed by atoms with Crippen LogP contribution in [0.5, 0.6) is 0 Å². The van der Waals surface area contributed by atoms with Crippen molar-refractivity contribution in [3.8, 4) is 0 Å². The molecule has 0 radical (unpaired) electrons. The Labute approximate surface area is 205 Å². The lowest BCUT2D eigenvalue weighted by Gasteiger charge is -2.45. The number of aldehydes is 1. The smallest absolute Gasteiger partial charge is 0.217 e. The van der Waals surface area contributed by atoms with Crippen molar-refractivity contribution < 1.29 is 74.5 Å². The minimum absolute atomic E-state index is 0.184. The molecule has 210 valence electrons. The molecular formula is C20H35NO15. The fourth-order valence-electron chi connectivity index (χ4n) is 3.90. The molecule has 0 unspecified atom stereocenters. The third-order valence-electron chi connectivity index (χ3n) is 6.00. The lowest BCUT2D eigenvalue weighted by Crippen LogP contribution is -2.64. The van der Waals surface area contributed by atoms with Gasteiger partial charge in [0.1, 0.15) is 73.4 Å². The summed E-state index contributed by atoms with van der Waals surface area (Å²) in [5.74, 6) is -0.736. The van der Waals surface area contributed by atoms with Gasteiger partial charge in [-0.3, -0.25) is 4.79 Å². The van der Waals surface area contributed by atoms with Crippen molar-refractivity contribution in [1.29, 1.82) is 0 Å². The molecule has 0 aliphatic carbocycles. The Morgan fingerprint density at radius 3 is 1.92 bits per heavy atom. The normalized spacial score (nSPS) is 40.6. The molecule has 16 heteroatoms. The molecule has 0 aromatic rings. The first kappa shape index (κ1) is 30.8. The second-order valence-corrected chi connectivity index (χ2v) is 8.69. The van der Waals surface area contributed by atoms with Gasteiger partial charge < -0.3 is 75.0 Å². The van der Waals surface area contributed by atoms with Gasteiger partial charge >= 0.3 is 0 Å². The Bertz CT molecular complexity index is 713. The van der Waals surface area contributed by atoms with Crippen molar-refractivity contribution in [2.24, 2.45) is 0 Å². The zero-order valence-electron chi connectivity index (χ0n) is 19.5. The lowest BCUT2D eigenvalue weighted by atomic mass is 9.97. The first-order valence-electron chi connectivity index (χ1n) is 11.2. The predicted molar refractivity (Wildman–Crippen MR) is 113 cm³/mol. The Hall–Kier alpha value is -1.38. The van der Waals surface area contributed by atoms with E-state index in [1.807, 2.05) is 0 Å². The van der Waals surface area contributed by atoms with Gasteiger partial charge in [-0.1, -0.05) is 0 Å². The number of aliphatic hydroxyl groups excluding tert-OH is 9. The molecule has 14 atom stereocenters. The van der Waals surface area contributed by atoms with E-state index < -0.39 is 105 Å². The third-order valence-corrected chi connectivity index (χ3v) is 6.00. The Morgan fingerprint density at radius 1 is 0.889 bits per heavy atom. The highest BCUT2D eigenvalue weighted by atomic mass is 16.7. The SMILES string of the molecule is CC(=O)N[C@H](C=O)[C@H](O[C@@H]1O[C@H](C)[C@@H](O)[C@H](O)[C@@H]1O)[C@@H](O[C@H]1O[C@@H](CO)[C@H](O)[C@@H](O)[C@@H]1O)[C@H](O)CO. The molecule has 2 aliphatic heterocycles. The van der Waals surface area contributed by atoms with Crippen LogP contribution in [-0.4, -0.2) is 157 Å². The van der Waals surface area contributed by atoms with Crippen LogP contribution in [-0.2, 0) is 28.5 Å². The topological polar surface area (TPSA) is 265 Å². The van der Waals surface area contributed by atoms with Crippen LogP contribution in [0.4, 0.5) is 0 Å². The van der Waals surface area contributed by atoms with Gasteiger partial charge in [-0.15, -0.1) is 0 Å². The fraction of sp³-hybridized carbons (Fsp3) is 0.900. The summed E-state index contributed by atoms with van der Waals surface area (Å²) in [4.78, 5) is 23.6. The van der Waals surface area contributed by atoms with E-state index in [0.717, 1.165) is 6.92 Å². The summed E-state index contributed by atoms with van der Waals surface area (Å²) in [6.07, 6.45) is -22.1. The minimum Gasteiger partial charge on any atom is -0.394 e. The van der Waals surface area contributed by atoms with E-state index >= 15 is 0 Å². The largest absolute Gasteiger partial charge is 0.394 e. The monoisotopic (exact) mass is 529 g/mol. The van der Waals surface area contributed by atoms with Crippen LogP contribution in [0, 0.1) is 0 Å². The van der Waals surface area contributed by atoms with E-state index in [0.29, 0.717) is 0 Å². The van der Waals surface area contributed by atoms with E-state index in [9.17, 15) is 55.5 Å². The summed E-state index contributed by atoms with van der Waals surface area (Å²) in [6, 6.07) is -1.63. The summed E-state index contributed by atoms with van der Waals surface area (Å²) < 4.78 is 21.8. The van der Waals surface area contributed by atoms with Gasteiger partial charge in [0.2, 0.25) is 5.91 Å². The van der Waals surface area contributed by atoms with Crippen molar-refractivity contribution in [1.82, 2.24) is 5.32 Å². The number of hydrogen-bond donors (Lipinski definition) is 10. The molecule has 1 amide bonds. The zero-order chi connectivity index (χ0) is 27.3. The number of hydrogen-bond acceptors (Lipinski definition) is 15. The van der Waals surface area contributed by atoms with Gasteiger partial charge in [-0.2, -0.15) is 0 Å². The summed E-state index contributed by atoms with van der Waals surface area (Å²) in [5.41, 5.74) is 0. The molecule has 16 nitrogen and oxygen atoms in total. The number of carbonyl (C=O) groups excluding carboxylic acids is 2. The number of nitrogens with one attached hydrogen (secondary N) is 1. The Kier molecular flexibility index (Phi) is 11.5. The quantitative estimate of drug-likeness (QED) is 0.111. The van der Waals surface area contributed by atoms with Gasteiger partial charge in [0.15, 0.2) is 12.6 Å². The molecule has 0 bridgehead atoms. The Morgan fingerprint density at radius 2 is 1.42 bits per heavy atom. The molecule has 2 rings (SSSR count). The maximum absolute atomic E-state index is 11.9. The summed E-state index contributed by atoms with van der Waals surface area (Å²) in [7, 11) is 0. The molecule has 0 saturated carbocycles. The fourth-order valence-corrected chi connectivity index (χ4v) is 3.90. The van der Waals surface area contributed by atoms with E-state index in [4.69, 9.17) is 18.9 Å². The number of aliphatic hydroxyl groups is 9. The molecule has 0 aromatic heterocycles. The maximum atomic E-state index is 11.9. The van der Waals surface area contributed by atoms with Crippen molar-refractivity contribution in [3.63, 3.8) is 0 Å². The average molecular weight is 529 g/mol. The summed E-state index contributed by atoms with van der Waals surface area (Å²) >= 11 is 0. The molecule has 2 fully saturated rings. The van der Waals surface area contributed by atoms with E-state index in [-0.39, 0.29) is 6.29 Å². The number of carbonyl (C=O) groups is 2. The van der Waals surface area contributed by atoms with Crippen molar-refractivity contribution in [3.05, 3.63) is 0 Å². The molecule has 2 saturated heterocycles. The first-order chi connectivity index (χ1) is 16.9. The number of ether oxygens (including phenoxy) is 4. The number of amides is 1. The highest BCUT2D eigenvalue weighted by molar-refractivity contribution is 5.77. The van der Waals surface area contributed by atoms with E-state index in [1.165, 1.54) is 6.92 Å². The molecule has 36 heavy (non-hydrogen) atoms. The molecule has 0 spiro atoms. The zero-order valence-corrected chi connectivity index (χ0v) is 19.5. The van der Waals surface area contributed by atoms with Gasteiger partial charge in [0.25, 0.3) is 0 Å². The summed E-state index contributed by atoms with van der Waals surface area (Å²) in [5, 5.41) is 92.4. The molecule has 2 aliphatic rings. The van der Waals surface area contributed by atoms with Crippen LogP contribution in [0.1, 0.15) is 13.8 Å². The molecule has 0 aromatic carbocycles. The maximum Gasteiger partial charge on any atom is 0.217 e. The van der Waals surface area contributed by atoms with E-state index in [1.54, 1.807) is 0 Å². The van der Waals surface area contributed by atoms with Gasteiger partial charge in [0.05, 0.1) is 19.3 Å². The highest BCUT2D eigenvalue weighted by Gasteiger charge is 2.50. The van der Waals surface area contributed by atoms with Gasteiger partial charge in [0, 0.05) is 6.92 Å². The molecule has 2 heterocycles. The van der Waals surface area contributed by atoms with Crippen LogP contribution in [0.15, 0.2) is 0 Å². The first-order valence-corrected chi connectivity index (χ1v) is 11.2. The lowest BCUT2D eigenvalue weighted by molar-refractivity contribution is -0.346. The van der Waals surface area contributed by atoms with Crippen LogP contribution >= 0.6 is 0 Å². The molecule has 10 N–H and O–H groups in total. The standard InChI is InChI=1S/C20H35NO15/c1-6-11(27)13(29)15(31)19(33-6)35-17(8(3-22)21-7(2)25)18(9(26)4-23)36-20-16(32)14(30)12(28)10(5-24)34-20/h3,6,8-20,23-24,26-32H,4-5H2,1-2H3,(H,21,25)/t6-,8-,9-,10+,11-,12+,13+,14-,15+,16+,17+,18+,19+,20-/m1/s1. The van der Waals surface area contributed by atoms with Crippen molar-refractivity contribution >= 4 is 12.2 Å². The molecular weight excluding hydrogens is 494 g/mol. The third kappa shape index (κ3) is 6.93. The highest BCUT2D eigenvalue weighted by Crippen LogP contribution is 2.28. The van der Waals surface area contributed by atoms with Gasteiger partial charge in [-0.05, 0) is 6.92 Å². The van der Waals surface area contributed by atoms with Crippen molar-refractivity contribution in [2.75, 3.05) is 13.2 Å². The Balaban J connectivity index is 2.42. The number of rotatable bonds is 11. The van der Waals surface area contributed by atoms with Crippen molar-refractivity contribution in [2.45, 2.75) is 99.6 Å².